The summed E-state index contributed by atoms with van der Waals surface area (Å²) < 4.78 is 0. The van der Waals surface area contributed by atoms with Crippen molar-refractivity contribution in [2.75, 3.05) is 0 Å². The number of hydrogen-bond donors (Lipinski definition) is 0. The van der Waals surface area contributed by atoms with E-state index < -0.39 is 0 Å². The fourth-order valence-electron chi connectivity index (χ4n) is 2.03. The summed E-state index contributed by atoms with van der Waals surface area (Å²) in [6, 6.07) is 0. The monoisotopic (exact) mass is 204 g/mol. The molecule has 0 N–H and O–H groups in total. The van der Waals surface area contributed by atoms with Crippen molar-refractivity contribution in [1.29, 1.82) is 0 Å². The van der Waals surface area contributed by atoms with E-state index in [4.69, 9.17) is 0 Å². The number of allylic oxidation sites excluding steroid dienone is 6. The second kappa shape index (κ2) is 5.95. The van der Waals surface area contributed by atoms with E-state index in [1.165, 1.54) is 24.8 Å². The van der Waals surface area contributed by atoms with Crippen LogP contribution in [0.4, 0.5) is 0 Å². The van der Waals surface area contributed by atoms with E-state index in [1.54, 1.807) is 11.1 Å². The Kier molecular flexibility index (Phi) is 4.87. The molecule has 84 valence electrons. The van der Waals surface area contributed by atoms with Crippen LogP contribution in [0.2, 0.25) is 0 Å². The van der Waals surface area contributed by atoms with Gasteiger partial charge in [-0.2, -0.15) is 0 Å². The first-order valence-corrected chi connectivity index (χ1v) is 6.05. The molecule has 0 heteroatoms. The van der Waals surface area contributed by atoms with Crippen LogP contribution in [0.1, 0.15) is 53.4 Å². The van der Waals surface area contributed by atoms with Gasteiger partial charge in [0.1, 0.15) is 0 Å². The Morgan fingerprint density at radius 2 is 2.07 bits per heavy atom. The van der Waals surface area contributed by atoms with Crippen LogP contribution in [0.3, 0.4) is 0 Å². The Balaban J connectivity index is 2.47. The topological polar surface area (TPSA) is 0 Å². The van der Waals surface area contributed by atoms with Crippen molar-refractivity contribution >= 4 is 0 Å². The van der Waals surface area contributed by atoms with Crippen molar-refractivity contribution < 1.29 is 0 Å². The molecule has 0 saturated carbocycles. The minimum Gasteiger partial charge on any atom is -0.0850 e. The fraction of sp³-hybridized carbons (Fsp3) is 0.600. The van der Waals surface area contributed by atoms with Crippen LogP contribution in [-0.2, 0) is 0 Å². The molecule has 0 fully saturated rings. The molecule has 0 aromatic heterocycles. The second-order valence-corrected chi connectivity index (χ2v) is 4.99. The van der Waals surface area contributed by atoms with Crippen molar-refractivity contribution in [2.24, 2.45) is 5.92 Å². The average Bonchev–Trinajstić information content (AvgIpc) is 2.18. The van der Waals surface area contributed by atoms with Gasteiger partial charge in [-0.25, -0.2) is 0 Å². The first-order valence-electron chi connectivity index (χ1n) is 6.05. The molecule has 1 rings (SSSR count). The van der Waals surface area contributed by atoms with Crippen LogP contribution in [0.25, 0.3) is 0 Å². The molecule has 0 spiro atoms. The summed E-state index contributed by atoms with van der Waals surface area (Å²) in [7, 11) is 0. The molecule has 0 aromatic rings. The van der Waals surface area contributed by atoms with E-state index >= 15 is 0 Å². The molecule has 0 heterocycles. The van der Waals surface area contributed by atoms with Gasteiger partial charge in [0, 0.05) is 0 Å². The van der Waals surface area contributed by atoms with Crippen LogP contribution in [0.15, 0.2) is 34.9 Å². The van der Waals surface area contributed by atoms with E-state index in [2.05, 4.69) is 45.9 Å². The Morgan fingerprint density at radius 1 is 1.33 bits per heavy atom. The molecule has 0 aromatic carbocycles. The summed E-state index contributed by atoms with van der Waals surface area (Å²) in [6.07, 6.45) is 12.1. The zero-order valence-corrected chi connectivity index (χ0v) is 10.6. The summed E-state index contributed by atoms with van der Waals surface area (Å²) >= 11 is 0. The highest BCUT2D eigenvalue weighted by Gasteiger charge is 2.13. The summed E-state index contributed by atoms with van der Waals surface area (Å²) in [5.41, 5.74) is 4.57. The molecule has 0 unspecified atom stereocenters. The second-order valence-electron chi connectivity index (χ2n) is 4.99. The quantitative estimate of drug-likeness (QED) is 0.565. The van der Waals surface area contributed by atoms with Crippen LogP contribution < -0.4 is 0 Å². The third-order valence-corrected chi connectivity index (χ3v) is 3.25. The molecule has 0 saturated heterocycles. The first kappa shape index (κ1) is 12.3. The average molecular weight is 204 g/mol. The minimum atomic E-state index is 0.805. The van der Waals surface area contributed by atoms with Crippen molar-refractivity contribution in [1.82, 2.24) is 0 Å². The molecular formula is C15H24. The molecule has 0 amide bonds. The maximum absolute atomic E-state index is 2.41. The summed E-state index contributed by atoms with van der Waals surface area (Å²) in [4.78, 5) is 0. The van der Waals surface area contributed by atoms with Gasteiger partial charge in [0.15, 0.2) is 0 Å². The lowest BCUT2D eigenvalue weighted by molar-refractivity contribution is 0.537. The van der Waals surface area contributed by atoms with Crippen LogP contribution in [-0.4, -0.2) is 0 Å². The van der Waals surface area contributed by atoms with Gasteiger partial charge in [-0.05, 0) is 59.3 Å². The zero-order chi connectivity index (χ0) is 11.3. The predicted molar refractivity (Wildman–Crippen MR) is 68.9 cm³/mol. The van der Waals surface area contributed by atoms with Crippen molar-refractivity contribution in [3.63, 3.8) is 0 Å². The highest BCUT2D eigenvalue weighted by atomic mass is 14.2. The molecular weight excluding hydrogens is 180 g/mol. The van der Waals surface area contributed by atoms with E-state index in [-0.39, 0.29) is 0 Å². The van der Waals surface area contributed by atoms with Crippen LogP contribution >= 0.6 is 0 Å². The van der Waals surface area contributed by atoms with Crippen LogP contribution in [0, 0.1) is 5.92 Å². The molecule has 0 aliphatic heterocycles. The summed E-state index contributed by atoms with van der Waals surface area (Å²) in [6.45, 7) is 8.86. The van der Waals surface area contributed by atoms with Gasteiger partial charge in [-0.15, -0.1) is 0 Å². The van der Waals surface area contributed by atoms with Gasteiger partial charge in [0.2, 0.25) is 0 Å². The number of hydrogen-bond acceptors (Lipinski definition) is 0. The lowest BCUT2D eigenvalue weighted by Crippen LogP contribution is -2.05. The molecule has 0 bridgehead atoms. The van der Waals surface area contributed by atoms with Crippen molar-refractivity contribution in [3.05, 3.63) is 34.9 Å². The van der Waals surface area contributed by atoms with E-state index in [0.717, 1.165) is 12.3 Å². The van der Waals surface area contributed by atoms with E-state index in [0.29, 0.717) is 0 Å². The molecule has 1 atom stereocenters. The number of rotatable bonds is 3. The van der Waals surface area contributed by atoms with Gasteiger partial charge in [0.05, 0.1) is 0 Å². The normalized spacial score (nSPS) is 22.3. The highest BCUT2D eigenvalue weighted by Crippen LogP contribution is 2.28. The van der Waals surface area contributed by atoms with Crippen molar-refractivity contribution in [3.8, 4) is 0 Å². The lowest BCUT2D eigenvalue weighted by Gasteiger charge is -2.21. The van der Waals surface area contributed by atoms with Gasteiger partial charge in [-0.3, -0.25) is 0 Å². The largest absolute Gasteiger partial charge is 0.0850 e. The molecule has 0 nitrogen and oxygen atoms in total. The SMILES string of the molecule is CC(C)=CC/C=C(\C)[C@H]1CC=C(C)CC1. The zero-order valence-electron chi connectivity index (χ0n) is 10.6. The first-order chi connectivity index (χ1) is 7.09. The summed E-state index contributed by atoms with van der Waals surface area (Å²) in [5.74, 6) is 0.805. The van der Waals surface area contributed by atoms with Gasteiger partial charge in [-0.1, -0.05) is 34.9 Å². The molecule has 1 aliphatic rings. The Hall–Kier alpha value is -0.780. The van der Waals surface area contributed by atoms with Crippen LogP contribution in [0.5, 0.6) is 0 Å². The van der Waals surface area contributed by atoms with Gasteiger partial charge in [0.25, 0.3) is 0 Å². The molecule has 1 aliphatic carbocycles. The smallest absolute Gasteiger partial charge is 0.0164 e. The highest BCUT2D eigenvalue weighted by molar-refractivity contribution is 5.14. The maximum Gasteiger partial charge on any atom is -0.0164 e. The molecule has 15 heavy (non-hydrogen) atoms. The third-order valence-electron chi connectivity index (χ3n) is 3.25. The Morgan fingerprint density at radius 3 is 2.60 bits per heavy atom. The fourth-order valence-corrected chi connectivity index (χ4v) is 2.03. The molecule has 0 radical (unpaired) electrons. The standard InChI is InChI=1S/C15H24/c1-12(2)6-5-7-14(4)15-10-8-13(3)9-11-15/h6-8,15H,5,9-11H2,1-4H3/b14-7+/t15-/m0/s1. The lowest BCUT2D eigenvalue weighted by atomic mass is 9.85. The van der Waals surface area contributed by atoms with Gasteiger partial charge >= 0.3 is 0 Å². The Labute approximate surface area is 94.8 Å². The summed E-state index contributed by atoms with van der Waals surface area (Å²) in [5, 5.41) is 0. The minimum absolute atomic E-state index is 0.805. The third kappa shape index (κ3) is 4.51. The van der Waals surface area contributed by atoms with E-state index in [9.17, 15) is 0 Å². The van der Waals surface area contributed by atoms with Gasteiger partial charge < -0.3 is 0 Å². The van der Waals surface area contributed by atoms with E-state index in [1.807, 2.05) is 0 Å². The predicted octanol–water partition coefficient (Wildman–Crippen LogP) is 5.04. The van der Waals surface area contributed by atoms with Crippen molar-refractivity contribution in [2.45, 2.75) is 53.4 Å². The Bertz CT molecular complexity index is 285. The maximum atomic E-state index is 2.41.